The van der Waals surface area contributed by atoms with Gasteiger partial charge in [0, 0.05) is 12.1 Å². The zero-order valence-corrected chi connectivity index (χ0v) is 20.5. The zero-order chi connectivity index (χ0) is 24.6. The third-order valence-electron chi connectivity index (χ3n) is 8.31. The summed E-state index contributed by atoms with van der Waals surface area (Å²) in [7, 11) is 0. The van der Waals surface area contributed by atoms with E-state index in [1.807, 2.05) is 68.4 Å². The summed E-state index contributed by atoms with van der Waals surface area (Å²) in [5, 5.41) is 3.32. The molecule has 184 valence electrons. The van der Waals surface area contributed by atoms with Crippen LogP contribution in [0.25, 0.3) is 6.08 Å². The summed E-state index contributed by atoms with van der Waals surface area (Å²) in [4.78, 5) is 25.6. The summed E-state index contributed by atoms with van der Waals surface area (Å²) in [6.45, 7) is 4.07. The van der Waals surface area contributed by atoms with Crippen molar-refractivity contribution in [3.05, 3.63) is 77.4 Å². The van der Waals surface area contributed by atoms with E-state index >= 15 is 4.39 Å². The molecule has 0 heterocycles. The molecule has 2 aromatic rings. The summed E-state index contributed by atoms with van der Waals surface area (Å²) in [6.07, 6.45) is 7.09. The Balaban J connectivity index is 1.22. The SMILES string of the molecule is CC(C)(C(=O)N[C@H]1[C@@H]2CC3C[C@H]1C[C@](F)(C3)C2)c1cccc(/C=C/C(=O)OCc2ccccc2)c1. The standard InChI is InChI=1S/C30H34FNO3/c1-29(2,28(34)32-27-23-13-22-14-24(27)18-30(31,16-22)17-23)25-10-6-9-20(15-25)11-12-26(33)35-19-21-7-4-3-5-8-21/h3-12,15,22-24,27H,13-14,16-19H2,1-2H3,(H,32,34)/b12-11+/t22?,23-,24+,27+,30+. The molecule has 4 aliphatic carbocycles. The van der Waals surface area contributed by atoms with Crippen LogP contribution in [-0.4, -0.2) is 23.6 Å². The molecule has 1 unspecified atom stereocenters. The lowest BCUT2D eigenvalue weighted by molar-refractivity contribution is -0.139. The Bertz CT molecular complexity index is 1110. The van der Waals surface area contributed by atoms with Gasteiger partial charge in [0.1, 0.15) is 12.3 Å². The molecule has 0 spiro atoms. The van der Waals surface area contributed by atoms with Crippen LogP contribution in [0.1, 0.15) is 62.6 Å². The number of alkyl halides is 1. The molecule has 4 bridgehead atoms. The Morgan fingerprint density at radius 2 is 1.77 bits per heavy atom. The third-order valence-corrected chi connectivity index (χ3v) is 8.31. The lowest BCUT2D eigenvalue weighted by atomic mass is 9.53. The number of halogens is 1. The van der Waals surface area contributed by atoms with Crippen LogP contribution in [0.4, 0.5) is 4.39 Å². The van der Waals surface area contributed by atoms with Crippen LogP contribution in [0.5, 0.6) is 0 Å². The number of carbonyl (C=O) groups is 2. The lowest BCUT2D eigenvalue weighted by Crippen LogP contribution is -2.61. The van der Waals surface area contributed by atoms with E-state index in [9.17, 15) is 9.59 Å². The van der Waals surface area contributed by atoms with Gasteiger partial charge in [-0.3, -0.25) is 4.79 Å². The van der Waals surface area contributed by atoms with Crippen LogP contribution in [0.15, 0.2) is 60.7 Å². The van der Waals surface area contributed by atoms with Crippen molar-refractivity contribution in [1.82, 2.24) is 5.32 Å². The van der Waals surface area contributed by atoms with Crippen molar-refractivity contribution < 1.29 is 18.7 Å². The first-order chi connectivity index (χ1) is 16.7. The molecule has 0 saturated heterocycles. The van der Waals surface area contributed by atoms with Crippen molar-refractivity contribution in [2.45, 2.75) is 69.7 Å². The van der Waals surface area contributed by atoms with Gasteiger partial charge in [0.2, 0.25) is 5.91 Å². The number of hydrogen-bond donors (Lipinski definition) is 1. The van der Waals surface area contributed by atoms with Crippen molar-refractivity contribution in [1.29, 1.82) is 0 Å². The normalized spacial score (nSPS) is 29.3. The molecule has 4 nitrogen and oxygen atoms in total. The highest BCUT2D eigenvalue weighted by Crippen LogP contribution is 2.57. The van der Waals surface area contributed by atoms with E-state index in [1.54, 1.807) is 6.08 Å². The fourth-order valence-corrected chi connectivity index (χ4v) is 6.60. The number of esters is 1. The average molecular weight is 476 g/mol. The maximum Gasteiger partial charge on any atom is 0.331 e. The van der Waals surface area contributed by atoms with E-state index in [0.717, 1.165) is 29.5 Å². The topological polar surface area (TPSA) is 55.4 Å². The second-order valence-electron chi connectivity index (χ2n) is 11.3. The number of benzene rings is 2. The van der Waals surface area contributed by atoms with Gasteiger partial charge < -0.3 is 10.1 Å². The van der Waals surface area contributed by atoms with E-state index in [0.29, 0.717) is 25.2 Å². The average Bonchev–Trinajstić information content (AvgIpc) is 2.83. The molecular formula is C30H34FNO3. The van der Waals surface area contributed by atoms with Gasteiger partial charge in [-0.2, -0.15) is 0 Å². The molecule has 0 radical (unpaired) electrons. The number of carbonyl (C=O) groups excluding carboxylic acids is 2. The van der Waals surface area contributed by atoms with Gasteiger partial charge >= 0.3 is 5.97 Å². The Morgan fingerprint density at radius 1 is 1.06 bits per heavy atom. The van der Waals surface area contributed by atoms with Crippen LogP contribution in [0.2, 0.25) is 0 Å². The van der Waals surface area contributed by atoms with E-state index < -0.39 is 17.1 Å². The maximum absolute atomic E-state index is 15.1. The Kier molecular flexibility index (Phi) is 6.29. The minimum absolute atomic E-state index is 0.0220. The highest BCUT2D eigenvalue weighted by Gasteiger charge is 2.56. The second kappa shape index (κ2) is 9.25. The van der Waals surface area contributed by atoms with E-state index in [4.69, 9.17) is 4.74 Å². The van der Waals surface area contributed by atoms with Crippen molar-refractivity contribution in [2.75, 3.05) is 0 Å². The van der Waals surface area contributed by atoms with E-state index in [2.05, 4.69) is 5.32 Å². The smallest absolute Gasteiger partial charge is 0.331 e. The van der Waals surface area contributed by atoms with Gasteiger partial charge in [-0.15, -0.1) is 0 Å². The van der Waals surface area contributed by atoms with Gasteiger partial charge in [-0.25, -0.2) is 9.18 Å². The van der Waals surface area contributed by atoms with Crippen molar-refractivity contribution in [2.24, 2.45) is 17.8 Å². The first-order valence-electron chi connectivity index (χ1n) is 12.7. The predicted octanol–water partition coefficient (Wildman–Crippen LogP) is 5.75. The van der Waals surface area contributed by atoms with Gasteiger partial charge in [0.15, 0.2) is 0 Å². The highest BCUT2D eigenvalue weighted by molar-refractivity contribution is 5.89. The van der Waals surface area contributed by atoms with Gasteiger partial charge in [-0.1, -0.05) is 54.6 Å². The molecular weight excluding hydrogens is 441 g/mol. The molecule has 4 fully saturated rings. The van der Waals surface area contributed by atoms with Gasteiger partial charge in [0.25, 0.3) is 0 Å². The van der Waals surface area contributed by atoms with Crippen LogP contribution in [-0.2, 0) is 26.3 Å². The molecule has 5 atom stereocenters. The van der Waals surface area contributed by atoms with Crippen LogP contribution in [0, 0.1) is 17.8 Å². The summed E-state index contributed by atoms with van der Waals surface area (Å²) < 4.78 is 20.4. The molecule has 4 aliphatic rings. The minimum atomic E-state index is -1.00. The fourth-order valence-electron chi connectivity index (χ4n) is 6.60. The predicted molar refractivity (Wildman–Crippen MR) is 134 cm³/mol. The van der Waals surface area contributed by atoms with Crippen molar-refractivity contribution in [3.8, 4) is 0 Å². The maximum atomic E-state index is 15.1. The molecule has 5 heteroatoms. The number of hydrogen-bond acceptors (Lipinski definition) is 3. The molecule has 1 N–H and O–H groups in total. The number of ether oxygens (including phenoxy) is 1. The Hall–Kier alpha value is -2.95. The number of rotatable bonds is 7. The van der Waals surface area contributed by atoms with Crippen LogP contribution in [0.3, 0.4) is 0 Å². The molecule has 0 aliphatic heterocycles. The fraction of sp³-hybridized carbons (Fsp3) is 0.467. The molecule has 0 aromatic heterocycles. The minimum Gasteiger partial charge on any atom is -0.458 e. The summed E-state index contributed by atoms with van der Waals surface area (Å²) in [5.74, 6) is 0.556. The second-order valence-corrected chi connectivity index (χ2v) is 11.3. The monoisotopic (exact) mass is 475 g/mol. The molecule has 6 rings (SSSR count). The summed E-state index contributed by atoms with van der Waals surface area (Å²) >= 11 is 0. The zero-order valence-electron chi connectivity index (χ0n) is 20.5. The number of nitrogens with one attached hydrogen (secondary N) is 1. The first kappa shape index (κ1) is 23.8. The summed E-state index contributed by atoms with van der Waals surface area (Å²) in [6, 6.07) is 17.3. The molecule has 4 saturated carbocycles. The van der Waals surface area contributed by atoms with Crippen molar-refractivity contribution >= 4 is 18.0 Å². The lowest BCUT2D eigenvalue weighted by Gasteiger charge is -2.57. The van der Waals surface area contributed by atoms with E-state index in [1.165, 1.54) is 6.08 Å². The van der Waals surface area contributed by atoms with Crippen LogP contribution < -0.4 is 5.32 Å². The largest absolute Gasteiger partial charge is 0.458 e. The Labute approximate surface area is 207 Å². The van der Waals surface area contributed by atoms with Crippen molar-refractivity contribution in [3.63, 3.8) is 0 Å². The molecule has 1 amide bonds. The molecule has 35 heavy (non-hydrogen) atoms. The highest BCUT2D eigenvalue weighted by atomic mass is 19.1. The summed E-state index contributed by atoms with van der Waals surface area (Å²) in [5.41, 5.74) is 0.884. The van der Waals surface area contributed by atoms with E-state index in [-0.39, 0.29) is 30.4 Å². The van der Waals surface area contributed by atoms with Gasteiger partial charge in [0.05, 0.1) is 5.41 Å². The first-order valence-corrected chi connectivity index (χ1v) is 12.7. The quantitative estimate of drug-likeness (QED) is 0.410. The molecule has 2 aromatic carbocycles. The van der Waals surface area contributed by atoms with Crippen LogP contribution >= 0.6 is 0 Å². The van der Waals surface area contributed by atoms with Gasteiger partial charge in [-0.05, 0) is 86.5 Å². The third kappa shape index (κ3) is 5.05. The Morgan fingerprint density at radius 3 is 2.46 bits per heavy atom. The number of amides is 1.